The van der Waals surface area contributed by atoms with E-state index in [0.29, 0.717) is 6.42 Å². The van der Waals surface area contributed by atoms with E-state index in [2.05, 4.69) is 67.8 Å². The van der Waals surface area contributed by atoms with Crippen molar-refractivity contribution in [1.82, 2.24) is 5.32 Å². The first kappa shape index (κ1) is 46.1. The van der Waals surface area contributed by atoms with Gasteiger partial charge in [-0.1, -0.05) is 171 Å². The maximum atomic E-state index is 12.4. The van der Waals surface area contributed by atoms with Crippen LogP contribution in [0.1, 0.15) is 194 Å². The van der Waals surface area contributed by atoms with Gasteiger partial charge >= 0.3 is 0 Å². The summed E-state index contributed by atoms with van der Waals surface area (Å²) in [4.78, 5) is 12.4. The summed E-state index contributed by atoms with van der Waals surface area (Å²) in [6.07, 6.45) is 54.5. The van der Waals surface area contributed by atoms with Crippen molar-refractivity contribution in [2.45, 2.75) is 206 Å². The highest BCUT2D eigenvalue weighted by Gasteiger charge is 2.17. The van der Waals surface area contributed by atoms with E-state index in [9.17, 15) is 15.0 Å². The monoisotopic (exact) mass is 670 g/mol. The van der Waals surface area contributed by atoms with Gasteiger partial charge in [0.2, 0.25) is 5.91 Å². The minimum Gasteiger partial charge on any atom is -0.394 e. The van der Waals surface area contributed by atoms with Gasteiger partial charge in [-0.2, -0.15) is 0 Å². The molecule has 48 heavy (non-hydrogen) atoms. The van der Waals surface area contributed by atoms with E-state index in [1.807, 2.05) is 6.08 Å². The van der Waals surface area contributed by atoms with Crippen molar-refractivity contribution in [3.63, 3.8) is 0 Å². The normalized spacial score (nSPS) is 13.7. The van der Waals surface area contributed by atoms with E-state index in [-0.39, 0.29) is 12.5 Å². The number of carbonyl (C=O) groups is 1. The van der Waals surface area contributed by atoms with E-state index >= 15 is 0 Å². The lowest BCUT2D eigenvalue weighted by molar-refractivity contribution is -0.123. The zero-order valence-corrected chi connectivity index (χ0v) is 31.7. The third kappa shape index (κ3) is 35.4. The lowest BCUT2D eigenvalue weighted by atomic mass is 10.1. The number of aliphatic hydroxyl groups is 2. The number of unbranched alkanes of at least 4 members (excludes halogenated alkanes) is 21. The highest BCUT2D eigenvalue weighted by atomic mass is 16.3. The van der Waals surface area contributed by atoms with Crippen molar-refractivity contribution in [3.05, 3.63) is 60.8 Å². The average Bonchev–Trinajstić information content (AvgIpc) is 3.09. The largest absolute Gasteiger partial charge is 0.394 e. The predicted molar refractivity (Wildman–Crippen MR) is 211 cm³/mol. The number of aliphatic hydroxyl groups excluding tert-OH is 2. The molecule has 3 N–H and O–H groups in total. The number of hydrogen-bond acceptors (Lipinski definition) is 3. The van der Waals surface area contributed by atoms with Crippen LogP contribution in [0.25, 0.3) is 0 Å². The van der Waals surface area contributed by atoms with E-state index < -0.39 is 12.1 Å². The molecule has 0 bridgehead atoms. The van der Waals surface area contributed by atoms with Crippen LogP contribution in [0.2, 0.25) is 0 Å². The van der Waals surface area contributed by atoms with Crippen LogP contribution in [-0.2, 0) is 4.79 Å². The van der Waals surface area contributed by atoms with Gasteiger partial charge in [0, 0.05) is 6.42 Å². The second-order valence-corrected chi connectivity index (χ2v) is 13.7. The fourth-order valence-corrected chi connectivity index (χ4v) is 5.77. The molecule has 4 heteroatoms. The first-order valence-electron chi connectivity index (χ1n) is 20.5. The second kappa shape index (κ2) is 39.5. The molecule has 278 valence electrons. The van der Waals surface area contributed by atoms with Crippen LogP contribution in [0.4, 0.5) is 0 Å². The summed E-state index contributed by atoms with van der Waals surface area (Å²) in [6.45, 7) is 4.25. The first-order valence-corrected chi connectivity index (χ1v) is 20.5. The fourth-order valence-electron chi connectivity index (χ4n) is 5.77. The van der Waals surface area contributed by atoms with Gasteiger partial charge in [-0.15, -0.1) is 0 Å². The Morgan fingerprint density at radius 3 is 1.38 bits per heavy atom. The number of carbonyl (C=O) groups excluding carboxylic acids is 1. The molecule has 2 atom stereocenters. The summed E-state index contributed by atoms with van der Waals surface area (Å²) in [5.74, 6) is -0.0852. The van der Waals surface area contributed by atoms with Crippen molar-refractivity contribution in [1.29, 1.82) is 0 Å². The number of allylic oxidation sites excluding steroid dienone is 9. The van der Waals surface area contributed by atoms with Crippen LogP contribution in [0, 0.1) is 0 Å². The van der Waals surface area contributed by atoms with Gasteiger partial charge in [-0.3, -0.25) is 4.79 Å². The van der Waals surface area contributed by atoms with Gasteiger partial charge in [0.1, 0.15) is 0 Å². The molecule has 0 aliphatic carbocycles. The minimum absolute atomic E-state index is 0.0852. The van der Waals surface area contributed by atoms with Crippen LogP contribution < -0.4 is 5.32 Å². The Hall–Kier alpha value is -1.91. The Bertz CT molecular complexity index is 812. The van der Waals surface area contributed by atoms with Gasteiger partial charge in [0.25, 0.3) is 0 Å². The maximum Gasteiger partial charge on any atom is 0.220 e. The van der Waals surface area contributed by atoms with Crippen LogP contribution in [0.5, 0.6) is 0 Å². The highest BCUT2D eigenvalue weighted by Crippen LogP contribution is 2.13. The lowest BCUT2D eigenvalue weighted by Gasteiger charge is -2.19. The quantitative estimate of drug-likeness (QED) is 0.0459. The zero-order chi connectivity index (χ0) is 35.0. The summed E-state index contributed by atoms with van der Waals surface area (Å²) in [5, 5.41) is 22.9. The Labute approximate surface area is 298 Å². The Morgan fingerprint density at radius 1 is 0.500 bits per heavy atom. The lowest BCUT2D eigenvalue weighted by Crippen LogP contribution is -2.45. The smallest absolute Gasteiger partial charge is 0.220 e. The van der Waals surface area contributed by atoms with Crippen LogP contribution in [0.15, 0.2) is 60.8 Å². The molecule has 1 amide bonds. The third-order valence-corrected chi connectivity index (χ3v) is 8.95. The molecule has 0 fully saturated rings. The molecule has 4 nitrogen and oxygen atoms in total. The molecule has 0 heterocycles. The van der Waals surface area contributed by atoms with Gasteiger partial charge in [-0.25, -0.2) is 0 Å². The van der Waals surface area contributed by atoms with E-state index in [4.69, 9.17) is 0 Å². The molecule has 0 aliphatic heterocycles. The molecule has 0 aromatic heterocycles. The Balaban J connectivity index is 3.68. The van der Waals surface area contributed by atoms with E-state index in [0.717, 1.165) is 44.9 Å². The topological polar surface area (TPSA) is 69.6 Å². The fraction of sp³-hybridized carbons (Fsp3) is 0.750. The molecule has 0 aromatic rings. The first-order chi connectivity index (χ1) is 23.7. The SMILES string of the molecule is CCCCC/C=C\C/C=C\CCCCCCCCCCCC(=O)NC(CO)C(O)/C=C/CC/C=C/CC/C=C/CCCCCCCCC. The molecule has 0 aliphatic rings. The van der Waals surface area contributed by atoms with Crippen molar-refractivity contribution < 1.29 is 15.0 Å². The Kier molecular flexibility index (Phi) is 38.0. The van der Waals surface area contributed by atoms with Crippen LogP contribution in [0.3, 0.4) is 0 Å². The number of nitrogens with one attached hydrogen (secondary N) is 1. The van der Waals surface area contributed by atoms with Gasteiger partial charge in [0.15, 0.2) is 0 Å². The molecule has 0 saturated carbocycles. The number of hydrogen-bond donors (Lipinski definition) is 3. The summed E-state index contributed by atoms with van der Waals surface area (Å²) < 4.78 is 0. The zero-order valence-electron chi connectivity index (χ0n) is 31.7. The van der Waals surface area contributed by atoms with Gasteiger partial charge in [0.05, 0.1) is 18.8 Å². The van der Waals surface area contributed by atoms with Crippen molar-refractivity contribution >= 4 is 5.91 Å². The molecule has 0 radical (unpaired) electrons. The molecule has 0 aromatic carbocycles. The number of rotatable bonds is 36. The van der Waals surface area contributed by atoms with Crippen molar-refractivity contribution in [2.24, 2.45) is 0 Å². The minimum atomic E-state index is -0.873. The van der Waals surface area contributed by atoms with Gasteiger partial charge in [-0.05, 0) is 77.0 Å². The molecule has 2 unspecified atom stereocenters. The summed E-state index contributed by atoms with van der Waals surface area (Å²) in [6, 6.07) is -0.648. The molecule has 0 spiro atoms. The molecule has 0 rings (SSSR count). The molecular weight excluding hydrogens is 590 g/mol. The van der Waals surface area contributed by atoms with Crippen molar-refractivity contribution in [2.75, 3.05) is 6.61 Å². The van der Waals surface area contributed by atoms with Crippen LogP contribution in [-0.4, -0.2) is 34.9 Å². The summed E-state index contributed by atoms with van der Waals surface area (Å²) in [7, 11) is 0. The second-order valence-electron chi connectivity index (χ2n) is 13.7. The Morgan fingerprint density at radius 2 is 0.875 bits per heavy atom. The number of amides is 1. The van der Waals surface area contributed by atoms with Gasteiger partial charge < -0.3 is 15.5 Å². The van der Waals surface area contributed by atoms with E-state index in [1.165, 1.54) is 128 Å². The third-order valence-electron chi connectivity index (χ3n) is 8.95. The average molecular weight is 670 g/mol. The van der Waals surface area contributed by atoms with Crippen LogP contribution >= 0.6 is 0 Å². The summed E-state index contributed by atoms with van der Waals surface area (Å²) >= 11 is 0. The summed E-state index contributed by atoms with van der Waals surface area (Å²) in [5.41, 5.74) is 0. The molecular formula is C44H79NO3. The predicted octanol–water partition coefficient (Wildman–Crippen LogP) is 12.6. The van der Waals surface area contributed by atoms with Crippen molar-refractivity contribution in [3.8, 4) is 0 Å². The highest BCUT2D eigenvalue weighted by molar-refractivity contribution is 5.76. The maximum absolute atomic E-state index is 12.4. The standard InChI is InChI=1S/C44H79NO3/c1-3-5-7-9-11-13-15-17-19-21-22-24-26-28-30-32-34-36-38-40-44(48)45-42(41-46)43(47)39-37-35-33-31-29-27-25-23-20-18-16-14-12-10-8-6-4-2/h11,13,17,19-20,23,29,31,37,39,42-43,46-47H,3-10,12,14-16,18,21-22,24-28,30,32-36,38,40-41H2,1-2H3,(H,45,48)/b13-11-,19-17-,23-20+,31-29+,39-37+. The van der Waals surface area contributed by atoms with E-state index in [1.54, 1.807) is 6.08 Å². The molecule has 0 saturated heterocycles.